The number of hydrogen-bond acceptors (Lipinski definition) is 9. The minimum Gasteiger partial charge on any atom is -0.272 e. The number of rotatable bonds is 6. The van der Waals surface area contributed by atoms with Crippen molar-refractivity contribution in [2.45, 2.75) is 11.9 Å². The van der Waals surface area contributed by atoms with Crippen molar-refractivity contribution in [3.8, 4) is 11.4 Å². The molecule has 0 saturated carbocycles. The molecule has 3 aromatic rings. The molecule has 0 unspecified atom stereocenters. The first-order valence-corrected chi connectivity index (χ1v) is 8.53. The third-order valence-electron chi connectivity index (χ3n) is 3.10. The van der Waals surface area contributed by atoms with E-state index < -0.39 is 0 Å². The molecular formula is C16H14N8OS. The molecule has 3 rings (SSSR count). The predicted octanol–water partition coefficient (Wildman–Crippen LogP) is 1.27. The minimum atomic E-state index is -0.259. The number of hydrogen-bond donors (Lipinski definition) is 1. The number of nitrogens with zero attached hydrogens (tertiary/aromatic N) is 7. The zero-order valence-corrected chi connectivity index (χ0v) is 14.6. The molecule has 26 heavy (non-hydrogen) atoms. The average Bonchev–Trinajstić information content (AvgIpc) is 2.69. The topological polar surface area (TPSA) is 119 Å². The van der Waals surface area contributed by atoms with Crippen LogP contribution in [0, 0.1) is 6.92 Å². The highest BCUT2D eigenvalue weighted by Gasteiger charge is 2.06. The van der Waals surface area contributed by atoms with Gasteiger partial charge in [0.2, 0.25) is 5.91 Å². The second-order valence-corrected chi connectivity index (χ2v) is 5.94. The van der Waals surface area contributed by atoms with Crippen LogP contribution in [0.2, 0.25) is 0 Å². The first-order chi connectivity index (χ1) is 12.7. The molecule has 1 N–H and O–H groups in total. The zero-order valence-electron chi connectivity index (χ0n) is 13.8. The second kappa shape index (κ2) is 8.72. The van der Waals surface area contributed by atoms with Crippen LogP contribution in [0.3, 0.4) is 0 Å². The smallest absolute Gasteiger partial charge is 0.250 e. The van der Waals surface area contributed by atoms with Crippen molar-refractivity contribution in [3.05, 3.63) is 54.5 Å². The van der Waals surface area contributed by atoms with E-state index in [-0.39, 0.29) is 11.7 Å². The Morgan fingerprint density at radius 2 is 2.08 bits per heavy atom. The Morgan fingerprint density at radius 3 is 2.81 bits per heavy atom. The number of aryl methyl sites for hydroxylation is 1. The Bertz CT molecular complexity index is 902. The summed E-state index contributed by atoms with van der Waals surface area (Å²) in [5, 5.41) is 12.1. The molecule has 0 aliphatic heterocycles. The van der Waals surface area contributed by atoms with Crippen LogP contribution in [0.5, 0.6) is 0 Å². The summed E-state index contributed by atoms with van der Waals surface area (Å²) < 4.78 is 0. The number of nitrogens with one attached hydrogen (secondary N) is 1. The molecule has 0 fully saturated rings. The van der Waals surface area contributed by atoms with Crippen LogP contribution in [0.4, 0.5) is 0 Å². The maximum atomic E-state index is 11.8. The number of pyridine rings is 1. The molecule has 0 atom stereocenters. The van der Waals surface area contributed by atoms with Gasteiger partial charge in [-0.1, -0.05) is 11.8 Å². The molecule has 0 radical (unpaired) electrons. The highest BCUT2D eigenvalue weighted by molar-refractivity contribution is 7.99. The van der Waals surface area contributed by atoms with Crippen LogP contribution >= 0.6 is 11.8 Å². The van der Waals surface area contributed by atoms with Gasteiger partial charge >= 0.3 is 0 Å². The van der Waals surface area contributed by atoms with E-state index in [1.807, 2.05) is 13.0 Å². The second-order valence-electron chi connectivity index (χ2n) is 4.98. The number of carbonyl (C=O) groups is 1. The number of hydrazone groups is 1. The van der Waals surface area contributed by atoms with E-state index in [0.717, 1.165) is 11.3 Å². The summed E-state index contributed by atoms with van der Waals surface area (Å²) in [4.78, 5) is 28.4. The summed E-state index contributed by atoms with van der Waals surface area (Å²) in [6.45, 7) is 1.81. The quantitative estimate of drug-likeness (QED) is 0.394. The Morgan fingerprint density at radius 1 is 1.23 bits per heavy atom. The maximum Gasteiger partial charge on any atom is 0.250 e. The average molecular weight is 366 g/mol. The largest absolute Gasteiger partial charge is 0.272 e. The van der Waals surface area contributed by atoms with Crippen LogP contribution in [-0.2, 0) is 4.79 Å². The zero-order chi connectivity index (χ0) is 18.2. The van der Waals surface area contributed by atoms with Gasteiger partial charge in [-0.3, -0.25) is 9.78 Å². The summed E-state index contributed by atoms with van der Waals surface area (Å²) in [6.07, 6.45) is 7.82. The molecule has 130 valence electrons. The molecule has 3 heterocycles. The summed E-state index contributed by atoms with van der Waals surface area (Å²) in [5.41, 5.74) is 4.58. The maximum absolute atomic E-state index is 11.8. The first kappa shape index (κ1) is 17.5. The molecule has 9 nitrogen and oxygen atoms in total. The summed E-state index contributed by atoms with van der Waals surface area (Å²) in [6, 6.07) is 5.36. The molecule has 0 aromatic carbocycles. The van der Waals surface area contributed by atoms with Crippen LogP contribution in [0.15, 0.2) is 53.2 Å². The Kier molecular flexibility index (Phi) is 5.88. The molecule has 0 bridgehead atoms. The van der Waals surface area contributed by atoms with E-state index in [2.05, 4.69) is 40.7 Å². The standard InChI is InChI=1S/C16H14N8OS/c1-11-16(24-22-10-20-11)26-9-14(25)23-21-8-13-4-3-12(7-19-13)15-17-5-2-6-18-15/h2-8,10H,9H2,1H3,(H,23,25)/b21-8+. The normalized spacial score (nSPS) is 10.8. The van der Waals surface area contributed by atoms with Gasteiger partial charge in [0.05, 0.1) is 23.4 Å². The number of amides is 1. The Labute approximate surface area is 153 Å². The third kappa shape index (κ3) is 4.86. The molecule has 0 aliphatic rings. The summed E-state index contributed by atoms with van der Waals surface area (Å²) >= 11 is 1.25. The lowest BCUT2D eigenvalue weighted by molar-refractivity contribution is -0.118. The lowest BCUT2D eigenvalue weighted by Crippen LogP contribution is -2.20. The lowest BCUT2D eigenvalue weighted by atomic mass is 10.2. The summed E-state index contributed by atoms with van der Waals surface area (Å²) in [7, 11) is 0. The molecule has 0 saturated heterocycles. The highest BCUT2D eigenvalue weighted by Crippen LogP contribution is 2.16. The van der Waals surface area contributed by atoms with Crippen LogP contribution < -0.4 is 5.43 Å². The van der Waals surface area contributed by atoms with Gasteiger partial charge in [0.15, 0.2) is 5.82 Å². The van der Waals surface area contributed by atoms with Gasteiger partial charge in [0, 0.05) is 24.2 Å². The highest BCUT2D eigenvalue weighted by atomic mass is 32.2. The molecule has 0 spiro atoms. The van der Waals surface area contributed by atoms with Gasteiger partial charge in [-0.05, 0) is 25.1 Å². The lowest BCUT2D eigenvalue weighted by Gasteiger charge is -2.01. The van der Waals surface area contributed by atoms with Gasteiger partial charge in [-0.25, -0.2) is 20.4 Å². The van der Waals surface area contributed by atoms with Crippen molar-refractivity contribution in [2.24, 2.45) is 5.10 Å². The fraction of sp³-hybridized carbons (Fsp3) is 0.125. The molecular weight excluding hydrogens is 352 g/mol. The number of aromatic nitrogens is 6. The van der Waals surface area contributed by atoms with Crippen molar-refractivity contribution in [3.63, 3.8) is 0 Å². The van der Waals surface area contributed by atoms with Crippen molar-refractivity contribution in [1.82, 2.24) is 35.6 Å². The predicted molar refractivity (Wildman–Crippen MR) is 96.3 cm³/mol. The van der Waals surface area contributed by atoms with Crippen molar-refractivity contribution in [2.75, 3.05) is 5.75 Å². The van der Waals surface area contributed by atoms with Gasteiger partial charge in [0.25, 0.3) is 0 Å². The van der Waals surface area contributed by atoms with Crippen LogP contribution in [-0.4, -0.2) is 48.0 Å². The van der Waals surface area contributed by atoms with Gasteiger partial charge in [0.1, 0.15) is 11.4 Å². The van der Waals surface area contributed by atoms with Crippen LogP contribution in [0.25, 0.3) is 11.4 Å². The number of carbonyl (C=O) groups excluding carboxylic acids is 1. The Balaban J connectivity index is 1.50. The van der Waals surface area contributed by atoms with E-state index in [1.165, 1.54) is 24.3 Å². The van der Waals surface area contributed by atoms with Gasteiger partial charge < -0.3 is 0 Å². The fourth-order valence-corrected chi connectivity index (χ4v) is 2.55. The van der Waals surface area contributed by atoms with Crippen molar-refractivity contribution in [1.29, 1.82) is 0 Å². The molecule has 3 aromatic heterocycles. The molecule has 10 heteroatoms. The van der Waals surface area contributed by atoms with E-state index in [1.54, 1.807) is 30.7 Å². The number of thioether (sulfide) groups is 1. The third-order valence-corrected chi connectivity index (χ3v) is 4.15. The monoisotopic (exact) mass is 366 g/mol. The van der Waals surface area contributed by atoms with Gasteiger partial charge in [-0.2, -0.15) is 5.10 Å². The fourth-order valence-electron chi connectivity index (χ4n) is 1.85. The van der Waals surface area contributed by atoms with Crippen LogP contribution in [0.1, 0.15) is 11.4 Å². The van der Waals surface area contributed by atoms with E-state index in [0.29, 0.717) is 16.5 Å². The van der Waals surface area contributed by atoms with Crippen molar-refractivity contribution >= 4 is 23.9 Å². The SMILES string of the molecule is Cc1ncnnc1SCC(=O)N/N=C/c1ccc(-c2ncccn2)cn1. The van der Waals surface area contributed by atoms with E-state index in [4.69, 9.17) is 0 Å². The van der Waals surface area contributed by atoms with E-state index >= 15 is 0 Å². The van der Waals surface area contributed by atoms with Gasteiger partial charge in [-0.15, -0.1) is 10.2 Å². The first-order valence-electron chi connectivity index (χ1n) is 7.55. The summed E-state index contributed by atoms with van der Waals surface area (Å²) in [5.74, 6) is 0.504. The molecule has 1 amide bonds. The van der Waals surface area contributed by atoms with Crippen molar-refractivity contribution < 1.29 is 4.79 Å². The minimum absolute atomic E-state index is 0.163. The van der Waals surface area contributed by atoms with E-state index in [9.17, 15) is 4.79 Å². The Hall–Kier alpha value is -3.27. The molecule has 0 aliphatic carbocycles.